The highest BCUT2D eigenvalue weighted by atomic mass is 79.9. The molecule has 100 valence electrons. The number of hydrogen-bond acceptors (Lipinski definition) is 0. The lowest BCUT2D eigenvalue weighted by molar-refractivity contribution is 0.624. The lowest BCUT2D eigenvalue weighted by Crippen LogP contribution is -2.05. The molecule has 0 spiro atoms. The van der Waals surface area contributed by atoms with Crippen LogP contribution in [0.25, 0.3) is 0 Å². The van der Waals surface area contributed by atoms with Crippen LogP contribution in [0.3, 0.4) is 0 Å². The van der Waals surface area contributed by atoms with E-state index in [-0.39, 0.29) is 16.8 Å². The molecular weight excluding hydrogens is 350 g/mol. The van der Waals surface area contributed by atoms with E-state index in [2.05, 4.69) is 15.9 Å². The fourth-order valence-corrected chi connectivity index (χ4v) is 2.90. The standard InChI is InChI=1S/C15H12BrCl2F/c16-13-5-1-3-10(8-13)12(9-17)7-11-4-2-6-14(19)15(11)18/h1-6,8,12H,7,9H2. The maximum atomic E-state index is 13.4. The first kappa shape index (κ1) is 14.8. The zero-order chi connectivity index (χ0) is 13.8. The summed E-state index contributed by atoms with van der Waals surface area (Å²) in [5.41, 5.74) is 1.90. The molecule has 0 N–H and O–H groups in total. The van der Waals surface area contributed by atoms with Gasteiger partial charge in [0.25, 0.3) is 0 Å². The van der Waals surface area contributed by atoms with Crippen LogP contribution in [0.1, 0.15) is 17.0 Å². The first-order valence-corrected chi connectivity index (χ1v) is 7.56. The van der Waals surface area contributed by atoms with Gasteiger partial charge in [-0.15, -0.1) is 11.6 Å². The van der Waals surface area contributed by atoms with Crippen LogP contribution in [0.4, 0.5) is 4.39 Å². The lowest BCUT2D eigenvalue weighted by Gasteiger charge is -2.16. The Hall–Kier alpha value is -0.570. The predicted molar refractivity (Wildman–Crippen MR) is 82.7 cm³/mol. The Bertz CT molecular complexity index is 572. The molecule has 1 unspecified atom stereocenters. The van der Waals surface area contributed by atoms with Crippen LogP contribution >= 0.6 is 39.1 Å². The normalized spacial score (nSPS) is 12.4. The van der Waals surface area contributed by atoms with Crippen LogP contribution in [-0.2, 0) is 6.42 Å². The average molecular weight is 362 g/mol. The third-order valence-electron chi connectivity index (χ3n) is 3.00. The van der Waals surface area contributed by atoms with Gasteiger partial charge in [-0.05, 0) is 35.7 Å². The largest absolute Gasteiger partial charge is 0.205 e. The number of hydrogen-bond donors (Lipinski definition) is 0. The second-order valence-corrected chi connectivity index (χ2v) is 5.93. The molecule has 0 saturated carbocycles. The van der Waals surface area contributed by atoms with Crippen LogP contribution in [-0.4, -0.2) is 5.88 Å². The van der Waals surface area contributed by atoms with Gasteiger partial charge in [0.05, 0.1) is 5.02 Å². The van der Waals surface area contributed by atoms with Gasteiger partial charge < -0.3 is 0 Å². The summed E-state index contributed by atoms with van der Waals surface area (Å²) in [6.07, 6.45) is 0.622. The van der Waals surface area contributed by atoms with Gasteiger partial charge in [0.15, 0.2) is 0 Å². The van der Waals surface area contributed by atoms with Gasteiger partial charge in [-0.1, -0.05) is 51.8 Å². The van der Waals surface area contributed by atoms with Crippen molar-refractivity contribution in [1.29, 1.82) is 0 Å². The highest BCUT2D eigenvalue weighted by Crippen LogP contribution is 2.29. The third kappa shape index (κ3) is 3.71. The molecule has 0 aliphatic carbocycles. The Morgan fingerprint density at radius 1 is 1.16 bits per heavy atom. The van der Waals surface area contributed by atoms with Crippen molar-refractivity contribution >= 4 is 39.1 Å². The van der Waals surface area contributed by atoms with E-state index < -0.39 is 0 Å². The molecular formula is C15H12BrCl2F. The second kappa shape index (κ2) is 6.74. The van der Waals surface area contributed by atoms with E-state index in [4.69, 9.17) is 23.2 Å². The summed E-state index contributed by atoms with van der Waals surface area (Å²) in [7, 11) is 0. The summed E-state index contributed by atoms with van der Waals surface area (Å²) in [4.78, 5) is 0. The Kier molecular flexibility index (Phi) is 5.26. The molecule has 0 amide bonds. The van der Waals surface area contributed by atoms with Crippen molar-refractivity contribution in [3.8, 4) is 0 Å². The molecule has 2 aromatic carbocycles. The second-order valence-electron chi connectivity index (χ2n) is 4.32. The number of benzene rings is 2. The van der Waals surface area contributed by atoms with Crippen molar-refractivity contribution in [1.82, 2.24) is 0 Å². The molecule has 0 fully saturated rings. The van der Waals surface area contributed by atoms with Crippen LogP contribution in [0, 0.1) is 5.82 Å². The molecule has 4 heteroatoms. The Balaban J connectivity index is 2.26. The molecule has 0 aromatic heterocycles. The maximum Gasteiger partial charge on any atom is 0.142 e. The van der Waals surface area contributed by atoms with E-state index >= 15 is 0 Å². The Morgan fingerprint density at radius 2 is 1.89 bits per heavy atom. The smallest absolute Gasteiger partial charge is 0.142 e. The van der Waals surface area contributed by atoms with Gasteiger partial charge in [0.1, 0.15) is 5.82 Å². The van der Waals surface area contributed by atoms with Gasteiger partial charge in [0.2, 0.25) is 0 Å². The molecule has 2 rings (SSSR count). The van der Waals surface area contributed by atoms with Gasteiger partial charge in [-0.2, -0.15) is 0 Å². The SMILES string of the molecule is Fc1cccc(CC(CCl)c2cccc(Br)c2)c1Cl. The third-order valence-corrected chi connectivity index (χ3v) is 4.29. The monoisotopic (exact) mass is 360 g/mol. The number of alkyl halides is 1. The summed E-state index contributed by atoms with van der Waals surface area (Å²) in [5.74, 6) is 0.184. The summed E-state index contributed by atoms with van der Waals surface area (Å²) in [6, 6.07) is 12.8. The van der Waals surface area contributed by atoms with E-state index in [1.807, 2.05) is 30.3 Å². The summed E-state index contributed by atoms with van der Waals surface area (Å²) in [6.45, 7) is 0. The van der Waals surface area contributed by atoms with Crippen molar-refractivity contribution in [3.63, 3.8) is 0 Å². The van der Waals surface area contributed by atoms with Crippen LogP contribution < -0.4 is 0 Å². The van der Waals surface area contributed by atoms with Gasteiger partial charge >= 0.3 is 0 Å². The molecule has 0 nitrogen and oxygen atoms in total. The molecule has 2 aromatic rings. The lowest BCUT2D eigenvalue weighted by atomic mass is 9.93. The maximum absolute atomic E-state index is 13.4. The van der Waals surface area contributed by atoms with E-state index in [0.29, 0.717) is 12.3 Å². The predicted octanol–water partition coefficient (Wildman–Crippen LogP) is 5.81. The fourth-order valence-electron chi connectivity index (χ4n) is 1.99. The van der Waals surface area contributed by atoms with Crippen LogP contribution in [0.15, 0.2) is 46.9 Å². The van der Waals surface area contributed by atoms with Crippen molar-refractivity contribution in [3.05, 3.63) is 68.9 Å². The molecule has 0 radical (unpaired) electrons. The molecule has 0 heterocycles. The Labute approximate surface area is 130 Å². The van der Waals surface area contributed by atoms with Crippen molar-refractivity contribution in [2.45, 2.75) is 12.3 Å². The topological polar surface area (TPSA) is 0 Å². The summed E-state index contributed by atoms with van der Waals surface area (Å²) in [5, 5.41) is 0.188. The first-order chi connectivity index (χ1) is 9.11. The zero-order valence-electron chi connectivity index (χ0n) is 10.0. The van der Waals surface area contributed by atoms with Crippen molar-refractivity contribution in [2.75, 3.05) is 5.88 Å². The fraction of sp³-hybridized carbons (Fsp3) is 0.200. The number of halogens is 4. The van der Waals surface area contributed by atoms with Gasteiger partial charge in [-0.25, -0.2) is 4.39 Å². The van der Waals surface area contributed by atoms with E-state index in [1.54, 1.807) is 6.07 Å². The average Bonchev–Trinajstić information content (AvgIpc) is 2.40. The minimum atomic E-state index is -0.387. The first-order valence-electron chi connectivity index (χ1n) is 5.86. The highest BCUT2D eigenvalue weighted by molar-refractivity contribution is 9.10. The molecule has 0 aliphatic rings. The number of rotatable bonds is 4. The summed E-state index contributed by atoms with van der Waals surface area (Å²) >= 11 is 15.5. The summed E-state index contributed by atoms with van der Waals surface area (Å²) < 4.78 is 14.4. The van der Waals surface area contributed by atoms with E-state index in [9.17, 15) is 4.39 Å². The molecule has 19 heavy (non-hydrogen) atoms. The quantitative estimate of drug-likeness (QED) is 0.603. The van der Waals surface area contributed by atoms with Gasteiger partial charge in [-0.3, -0.25) is 0 Å². The highest BCUT2D eigenvalue weighted by Gasteiger charge is 2.15. The van der Waals surface area contributed by atoms with Crippen LogP contribution in [0.2, 0.25) is 5.02 Å². The Morgan fingerprint density at radius 3 is 2.58 bits per heavy atom. The minimum Gasteiger partial charge on any atom is -0.205 e. The van der Waals surface area contributed by atoms with Crippen molar-refractivity contribution < 1.29 is 4.39 Å². The molecule has 0 aliphatic heterocycles. The van der Waals surface area contributed by atoms with Crippen molar-refractivity contribution in [2.24, 2.45) is 0 Å². The molecule has 1 atom stereocenters. The van der Waals surface area contributed by atoms with E-state index in [0.717, 1.165) is 15.6 Å². The zero-order valence-corrected chi connectivity index (χ0v) is 13.1. The minimum absolute atomic E-state index is 0.110. The van der Waals surface area contributed by atoms with Gasteiger partial charge in [0, 0.05) is 16.3 Å². The molecule has 0 saturated heterocycles. The van der Waals surface area contributed by atoms with Crippen LogP contribution in [0.5, 0.6) is 0 Å². The van der Waals surface area contributed by atoms with E-state index in [1.165, 1.54) is 6.07 Å². The molecule has 0 bridgehead atoms.